The van der Waals surface area contributed by atoms with Gasteiger partial charge >= 0.3 is 0 Å². The maximum atomic E-state index is 9.40. The number of aromatic nitrogens is 2. The van der Waals surface area contributed by atoms with Crippen LogP contribution in [-0.4, -0.2) is 27.0 Å². The summed E-state index contributed by atoms with van der Waals surface area (Å²) in [5, 5.41) is 13.5. The number of hydrogen-bond donors (Lipinski definition) is 2. The van der Waals surface area contributed by atoms with E-state index < -0.39 is 0 Å². The third-order valence-electron chi connectivity index (χ3n) is 2.38. The number of rotatable bonds is 1. The molecule has 0 saturated heterocycles. The van der Waals surface area contributed by atoms with Gasteiger partial charge in [0.25, 0.3) is 0 Å². The summed E-state index contributed by atoms with van der Waals surface area (Å²) >= 11 is 0. The van der Waals surface area contributed by atoms with Crippen LogP contribution in [0.5, 0.6) is 0 Å². The van der Waals surface area contributed by atoms with Gasteiger partial charge in [-0.15, -0.1) is 24.8 Å². The molecule has 1 saturated carbocycles. The first kappa shape index (κ1) is 13.7. The van der Waals surface area contributed by atoms with Gasteiger partial charge in [-0.3, -0.25) is 4.68 Å². The van der Waals surface area contributed by atoms with Crippen molar-refractivity contribution in [3.8, 4) is 0 Å². The highest BCUT2D eigenvalue weighted by atomic mass is 35.5. The number of halogens is 2. The van der Waals surface area contributed by atoms with Crippen molar-refractivity contribution in [1.29, 1.82) is 0 Å². The Balaban J connectivity index is 0.000000845. The summed E-state index contributed by atoms with van der Waals surface area (Å²) in [5.41, 5.74) is 6.83. The molecule has 82 valence electrons. The van der Waals surface area contributed by atoms with E-state index in [1.165, 1.54) is 0 Å². The molecule has 1 fully saturated rings. The lowest BCUT2D eigenvalue weighted by Gasteiger charge is -2.39. The summed E-state index contributed by atoms with van der Waals surface area (Å²) in [6.45, 7) is 1.97. The van der Waals surface area contributed by atoms with Gasteiger partial charge in [0.15, 0.2) is 0 Å². The SMILES string of the molecule is Cc1cnn([C@H]2[C@H](O)C[C@@H]2N)c1.Cl.Cl. The fourth-order valence-electron chi connectivity index (χ4n) is 1.62. The minimum absolute atomic E-state index is 0. The van der Waals surface area contributed by atoms with E-state index in [0.717, 1.165) is 5.56 Å². The summed E-state index contributed by atoms with van der Waals surface area (Å²) in [6.07, 6.45) is 4.05. The van der Waals surface area contributed by atoms with Crippen LogP contribution < -0.4 is 5.73 Å². The number of nitrogens with two attached hydrogens (primary N) is 1. The number of nitrogens with zero attached hydrogens (tertiary/aromatic N) is 2. The Hall–Kier alpha value is -0.290. The second-order valence-corrected chi connectivity index (χ2v) is 3.46. The number of aliphatic hydroxyl groups is 1. The second kappa shape index (κ2) is 4.98. The molecular weight excluding hydrogens is 225 g/mol. The standard InChI is InChI=1S/C8H13N3O.2ClH/c1-5-3-10-11(4-5)8-6(9)2-7(8)12;;/h3-4,6-8,12H,2,9H2,1H3;2*1H/t6-,7+,8+;;/m0../s1. The Labute approximate surface area is 95.3 Å². The summed E-state index contributed by atoms with van der Waals surface area (Å²) in [6, 6.07) is 0.0398. The molecule has 3 atom stereocenters. The quantitative estimate of drug-likeness (QED) is 0.758. The molecular formula is C8H15Cl2N3O. The number of aliphatic hydroxyl groups excluding tert-OH is 1. The van der Waals surface area contributed by atoms with Crippen LogP contribution in [0.15, 0.2) is 12.4 Å². The third-order valence-corrected chi connectivity index (χ3v) is 2.38. The Morgan fingerprint density at radius 1 is 1.57 bits per heavy atom. The second-order valence-electron chi connectivity index (χ2n) is 3.46. The normalized spacial score (nSPS) is 29.8. The zero-order valence-electron chi connectivity index (χ0n) is 7.83. The zero-order chi connectivity index (χ0) is 8.72. The highest BCUT2D eigenvalue weighted by Crippen LogP contribution is 2.30. The number of hydrogen-bond acceptors (Lipinski definition) is 3. The van der Waals surface area contributed by atoms with Crippen LogP contribution in [0.25, 0.3) is 0 Å². The Kier molecular flexibility index (Phi) is 4.88. The Morgan fingerprint density at radius 3 is 2.57 bits per heavy atom. The van der Waals surface area contributed by atoms with E-state index in [4.69, 9.17) is 5.73 Å². The monoisotopic (exact) mass is 239 g/mol. The van der Waals surface area contributed by atoms with Crippen LogP contribution in [0.2, 0.25) is 0 Å². The molecule has 1 aliphatic carbocycles. The molecule has 1 heterocycles. The van der Waals surface area contributed by atoms with Crippen LogP contribution in [0.4, 0.5) is 0 Å². The summed E-state index contributed by atoms with van der Waals surface area (Å²) in [5.74, 6) is 0. The largest absolute Gasteiger partial charge is 0.391 e. The number of aryl methyl sites for hydroxylation is 1. The van der Waals surface area contributed by atoms with E-state index in [1.807, 2.05) is 13.1 Å². The van der Waals surface area contributed by atoms with Gasteiger partial charge in [-0.1, -0.05) is 0 Å². The zero-order valence-corrected chi connectivity index (χ0v) is 9.46. The maximum absolute atomic E-state index is 9.40. The average molecular weight is 240 g/mol. The molecule has 0 aromatic carbocycles. The minimum atomic E-state index is -0.320. The Morgan fingerprint density at radius 2 is 2.21 bits per heavy atom. The van der Waals surface area contributed by atoms with Gasteiger partial charge in [0, 0.05) is 12.2 Å². The lowest BCUT2D eigenvalue weighted by atomic mass is 9.84. The predicted octanol–water partition coefficient (Wildman–Crippen LogP) is 0.668. The molecule has 0 bridgehead atoms. The molecule has 0 spiro atoms. The van der Waals surface area contributed by atoms with E-state index >= 15 is 0 Å². The molecule has 0 radical (unpaired) electrons. The molecule has 3 N–H and O–H groups in total. The maximum Gasteiger partial charge on any atom is 0.0930 e. The van der Waals surface area contributed by atoms with Crippen LogP contribution in [0.1, 0.15) is 18.0 Å². The highest BCUT2D eigenvalue weighted by molar-refractivity contribution is 5.85. The molecule has 0 amide bonds. The van der Waals surface area contributed by atoms with Gasteiger partial charge in [0.1, 0.15) is 0 Å². The third kappa shape index (κ3) is 2.20. The average Bonchev–Trinajstić information content (AvgIpc) is 2.35. The van der Waals surface area contributed by atoms with Gasteiger partial charge in [-0.25, -0.2) is 0 Å². The van der Waals surface area contributed by atoms with Gasteiger partial charge in [0.2, 0.25) is 0 Å². The molecule has 0 aliphatic heterocycles. The first-order valence-corrected chi connectivity index (χ1v) is 4.13. The van der Waals surface area contributed by atoms with Crippen LogP contribution in [0.3, 0.4) is 0 Å². The van der Waals surface area contributed by atoms with Gasteiger partial charge in [-0.05, 0) is 18.9 Å². The van der Waals surface area contributed by atoms with E-state index in [2.05, 4.69) is 5.10 Å². The molecule has 1 aromatic heterocycles. The van der Waals surface area contributed by atoms with Gasteiger partial charge in [0.05, 0.1) is 18.3 Å². The fourth-order valence-corrected chi connectivity index (χ4v) is 1.62. The Bertz CT molecular complexity index is 284. The molecule has 2 rings (SSSR count). The van der Waals surface area contributed by atoms with Crippen molar-refractivity contribution < 1.29 is 5.11 Å². The summed E-state index contributed by atoms with van der Waals surface area (Å²) < 4.78 is 1.76. The highest BCUT2D eigenvalue weighted by Gasteiger charge is 2.39. The van der Waals surface area contributed by atoms with Crippen LogP contribution >= 0.6 is 24.8 Å². The van der Waals surface area contributed by atoms with Crippen molar-refractivity contribution in [2.45, 2.75) is 31.5 Å². The van der Waals surface area contributed by atoms with Crippen molar-refractivity contribution in [1.82, 2.24) is 9.78 Å². The molecule has 6 heteroatoms. The van der Waals surface area contributed by atoms with Crippen molar-refractivity contribution in [2.24, 2.45) is 5.73 Å². The minimum Gasteiger partial charge on any atom is -0.391 e. The van der Waals surface area contributed by atoms with Crippen molar-refractivity contribution >= 4 is 24.8 Å². The first-order chi connectivity index (χ1) is 5.68. The summed E-state index contributed by atoms with van der Waals surface area (Å²) in [4.78, 5) is 0. The summed E-state index contributed by atoms with van der Waals surface area (Å²) in [7, 11) is 0. The van der Waals surface area contributed by atoms with Gasteiger partial charge < -0.3 is 10.8 Å². The van der Waals surface area contributed by atoms with Crippen LogP contribution in [0, 0.1) is 6.92 Å². The van der Waals surface area contributed by atoms with E-state index in [0.29, 0.717) is 6.42 Å². The van der Waals surface area contributed by atoms with Crippen molar-refractivity contribution in [3.63, 3.8) is 0 Å². The van der Waals surface area contributed by atoms with Crippen molar-refractivity contribution in [2.75, 3.05) is 0 Å². The van der Waals surface area contributed by atoms with E-state index in [-0.39, 0.29) is 43.0 Å². The van der Waals surface area contributed by atoms with E-state index in [9.17, 15) is 5.11 Å². The topological polar surface area (TPSA) is 64.1 Å². The van der Waals surface area contributed by atoms with E-state index in [1.54, 1.807) is 10.9 Å². The molecule has 14 heavy (non-hydrogen) atoms. The fraction of sp³-hybridized carbons (Fsp3) is 0.625. The molecule has 1 aromatic rings. The first-order valence-electron chi connectivity index (χ1n) is 4.13. The molecule has 0 unspecified atom stereocenters. The smallest absolute Gasteiger partial charge is 0.0930 e. The molecule has 1 aliphatic rings. The lowest BCUT2D eigenvalue weighted by molar-refractivity contribution is 0.00634. The van der Waals surface area contributed by atoms with Crippen molar-refractivity contribution in [3.05, 3.63) is 18.0 Å². The predicted molar refractivity (Wildman–Crippen MR) is 59.1 cm³/mol. The van der Waals surface area contributed by atoms with Crippen LogP contribution in [-0.2, 0) is 0 Å². The molecule has 4 nitrogen and oxygen atoms in total. The van der Waals surface area contributed by atoms with Gasteiger partial charge in [-0.2, -0.15) is 5.10 Å². The lowest BCUT2D eigenvalue weighted by Crippen LogP contribution is -2.52.